The van der Waals surface area contributed by atoms with Crippen molar-refractivity contribution in [3.63, 3.8) is 0 Å². The van der Waals surface area contributed by atoms with Crippen LogP contribution in [-0.4, -0.2) is 50.5 Å². The lowest BCUT2D eigenvalue weighted by molar-refractivity contribution is -0.134. The number of hydrogen-bond donors (Lipinski definition) is 1. The van der Waals surface area contributed by atoms with Gasteiger partial charge in [-0.25, -0.2) is 8.78 Å². The van der Waals surface area contributed by atoms with Crippen molar-refractivity contribution in [2.75, 3.05) is 5.32 Å². The molecule has 1 atom stereocenters. The van der Waals surface area contributed by atoms with Gasteiger partial charge in [0, 0.05) is 36.6 Å². The molecule has 0 unspecified atom stereocenters. The Labute approximate surface area is 186 Å². The molecule has 5 rings (SSSR count). The average molecular weight is 476 g/mol. The first-order valence-corrected chi connectivity index (χ1v) is 11.5. The van der Waals surface area contributed by atoms with Crippen LogP contribution in [0.4, 0.5) is 14.5 Å². The quantitative estimate of drug-likeness (QED) is 0.577. The number of nitrogens with one attached hydrogen (secondary N) is 1. The van der Waals surface area contributed by atoms with Crippen molar-refractivity contribution in [1.82, 2.24) is 23.9 Å². The third kappa shape index (κ3) is 3.77. The number of halogens is 2. The second-order valence-electron chi connectivity index (χ2n) is 7.85. The number of hydrogen-bond acceptors (Lipinski definition) is 6. The largest absolute Gasteiger partial charge is 0.332 e. The monoisotopic (exact) mass is 476 g/mol. The third-order valence-corrected chi connectivity index (χ3v) is 7.16. The highest BCUT2D eigenvalue weighted by atomic mass is 32.2. The molecule has 3 aromatic rings. The standard InChI is InChI=1S/C20H18F2N6O4S/c21-18(22)11-27-9-13(6-23-27)33(31,32)28-8-12-7-26(10-17(12)25-28)19(29)5-15-14-3-1-2-4-16(14)24-20(15)30/h1-4,6,8-9,15,18H,5,7,10-11H2,(H,24,30)/t15-/m0/s1. The van der Waals surface area contributed by atoms with Crippen molar-refractivity contribution in [3.8, 4) is 0 Å². The number of para-hydroxylation sites is 1. The van der Waals surface area contributed by atoms with Gasteiger partial charge in [0.05, 0.1) is 24.4 Å². The van der Waals surface area contributed by atoms with E-state index in [1.165, 1.54) is 11.1 Å². The first kappa shape index (κ1) is 21.2. The summed E-state index contributed by atoms with van der Waals surface area (Å²) in [4.78, 5) is 26.4. The summed E-state index contributed by atoms with van der Waals surface area (Å²) in [6.45, 7) is -0.451. The van der Waals surface area contributed by atoms with E-state index in [0.717, 1.165) is 26.7 Å². The van der Waals surface area contributed by atoms with E-state index < -0.39 is 28.9 Å². The minimum absolute atomic E-state index is 0.00522. The Balaban J connectivity index is 1.28. The van der Waals surface area contributed by atoms with E-state index in [1.807, 2.05) is 12.1 Å². The van der Waals surface area contributed by atoms with E-state index in [1.54, 1.807) is 12.1 Å². The Bertz CT molecular complexity index is 1340. The summed E-state index contributed by atoms with van der Waals surface area (Å²) in [7, 11) is -4.11. The summed E-state index contributed by atoms with van der Waals surface area (Å²) in [5.74, 6) is -1.05. The van der Waals surface area contributed by atoms with Crippen LogP contribution in [0.3, 0.4) is 0 Å². The van der Waals surface area contributed by atoms with Crippen LogP contribution in [0.1, 0.15) is 29.2 Å². The maximum Gasteiger partial charge on any atom is 0.286 e. The van der Waals surface area contributed by atoms with Gasteiger partial charge in [0.15, 0.2) is 0 Å². The van der Waals surface area contributed by atoms with E-state index in [4.69, 9.17) is 0 Å². The third-order valence-electron chi connectivity index (χ3n) is 5.68. The number of fused-ring (bicyclic) bond motifs is 2. The number of carbonyl (C=O) groups excluding carboxylic acids is 2. The number of nitrogens with zero attached hydrogens (tertiary/aromatic N) is 5. The summed E-state index contributed by atoms with van der Waals surface area (Å²) in [5, 5.41) is 10.5. The predicted octanol–water partition coefficient (Wildman–Crippen LogP) is 1.55. The van der Waals surface area contributed by atoms with Crippen molar-refractivity contribution in [1.29, 1.82) is 0 Å². The number of benzene rings is 1. The van der Waals surface area contributed by atoms with Gasteiger partial charge >= 0.3 is 0 Å². The predicted molar refractivity (Wildman–Crippen MR) is 110 cm³/mol. The molecule has 0 saturated heterocycles. The van der Waals surface area contributed by atoms with Gasteiger partial charge in [0.1, 0.15) is 11.4 Å². The molecule has 172 valence electrons. The Hall–Kier alpha value is -3.61. The molecule has 33 heavy (non-hydrogen) atoms. The van der Waals surface area contributed by atoms with Gasteiger partial charge < -0.3 is 10.2 Å². The Morgan fingerprint density at radius 1 is 1.21 bits per heavy atom. The number of rotatable bonds is 6. The molecule has 0 saturated carbocycles. The molecule has 0 fully saturated rings. The molecule has 2 aliphatic heterocycles. The van der Waals surface area contributed by atoms with Crippen molar-refractivity contribution in [2.24, 2.45) is 0 Å². The van der Waals surface area contributed by atoms with Crippen LogP contribution >= 0.6 is 0 Å². The number of anilines is 1. The van der Waals surface area contributed by atoms with E-state index in [9.17, 15) is 26.8 Å². The minimum Gasteiger partial charge on any atom is -0.332 e. The summed E-state index contributed by atoms with van der Waals surface area (Å²) in [6, 6.07) is 7.20. The number of alkyl halides is 2. The molecule has 2 amide bonds. The second-order valence-corrected chi connectivity index (χ2v) is 9.65. The molecule has 0 aliphatic carbocycles. The zero-order valence-corrected chi connectivity index (χ0v) is 17.9. The second kappa shape index (κ2) is 7.76. The summed E-state index contributed by atoms with van der Waals surface area (Å²) in [6.07, 6.45) is 0.648. The molecule has 1 aromatic carbocycles. The van der Waals surface area contributed by atoms with Gasteiger partial charge in [0.2, 0.25) is 11.8 Å². The molecular weight excluding hydrogens is 458 g/mol. The summed E-state index contributed by atoms with van der Waals surface area (Å²) < 4.78 is 52.2. The van der Waals surface area contributed by atoms with Crippen LogP contribution in [0.5, 0.6) is 0 Å². The molecule has 0 radical (unpaired) electrons. The first-order valence-electron chi connectivity index (χ1n) is 10.0. The van der Waals surface area contributed by atoms with Crippen LogP contribution in [0.2, 0.25) is 0 Å². The number of amides is 2. The lowest BCUT2D eigenvalue weighted by Gasteiger charge is -2.18. The number of carbonyl (C=O) groups is 2. The van der Waals surface area contributed by atoms with Gasteiger partial charge in [-0.3, -0.25) is 14.3 Å². The zero-order valence-electron chi connectivity index (χ0n) is 17.1. The lowest BCUT2D eigenvalue weighted by Crippen LogP contribution is -2.29. The number of aromatic nitrogens is 4. The van der Waals surface area contributed by atoms with Gasteiger partial charge in [0.25, 0.3) is 16.4 Å². The first-order chi connectivity index (χ1) is 15.7. The van der Waals surface area contributed by atoms with Gasteiger partial charge in [-0.2, -0.15) is 22.7 Å². The summed E-state index contributed by atoms with van der Waals surface area (Å²) >= 11 is 0. The maximum atomic E-state index is 12.8. The van der Waals surface area contributed by atoms with E-state index in [0.29, 0.717) is 16.9 Å². The zero-order chi connectivity index (χ0) is 23.3. The van der Waals surface area contributed by atoms with Crippen LogP contribution in [0.15, 0.2) is 47.8 Å². The highest BCUT2D eigenvalue weighted by Crippen LogP contribution is 2.35. The van der Waals surface area contributed by atoms with Gasteiger partial charge in [-0.05, 0) is 11.6 Å². The highest BCUT2D eigenvalue weighted by Gasteiger charge is 2.36. The SMILES string of the molecule is O=C1Nc2ccccc2[C@@H]1CC(=O)N1Cc2cn(S(=O)(=O)c3cnn(CC(F)F)c3)nc2C1. The molecule has 2 aliphatic rings. The molecule has 0 spiro atoms. The smallest absolute Gasteiger partial charge is 0.286 e. The van der Waals surface area contributed by atoms with Crippen LogP contribution in [-0.2, 0) is 39.2 Å². The lowest BCUT2D eigenvalue weighted by atomic mass is 9.97. The van der Waals surface area contributed by atoms with Crippen LogP contribution in [0.25, 0.3) is 0 Å². The molecule has 1 N–H and O–H groups in total. The van der Waals surface area contributed by atoms with E-state index in [2.05, 4.69) is 15.5 Å². The Kier molecular flexibility index (Phi) is 5.00. The minimum atomic E-state index is -4.11. The topological polar surface area (TPSA) is 119 Å². The fraction of sp³-hybridized carbons (Fsp3) is 0.300. The molecule has 4 heterocycles. The van der Waals surface area contributed by atoms with E-state index in [-0.39, 0.29) is 36.2 Å². The Morgan fingerprint density at radius 2 is 2.00 bits per heavy atom. The average Bonchev–Trinajstić information content (AvgIpc) is 3.51. The van der Waals surface area contributed by atoms with Crippen LogP contribution in [0, 0.1) is 0 Å². The maximum absolute atomic E-state index is 12.8. The summed E-state index contributed by atoms with van der Waals surface area (Å²) in [5.41, 5.74) is 2.45. The fourth-order valence-corrected chi connectivity index (χ4v) is 5.16. The van der Waals surface area contributed by atoms with Gasteiger partial charge in [-0.1, -0.05) is 18.2 Å². The van der Waals surface area contributed by atoms with Gasteiger partial charge in [-0.15, -0.1) is 0 Å². The van der Waals surface area contributed by atoms with Crippen molar-refractivity contribution >= 4 is 27.5 Å². The molecule has 10 nitrogen and oxygen atoms in total. The molecular formula is C20H18F2N6O4S. The highest BCUT2D eigenvalue weighted by molar-refractivity contribution is 7.89. The van der Waals surface area contributed by atoms with Crippen molar-refractivity contribution in [2.45, 2.75) is 43.3 Å². The van der Waals surface area contributed by atoms with Crippen molar-refractivity contribution in [3.05, 3.63) is 59.7 Å². The molecule has 2 aromatic heterocycles. The van der Waals surface area contributed by atoms with Crippen LogP contribution < -0.4 is 5.32 Å². The molecule has 0 bridgehead atoms. The van der Waals surface area contributed by atoms with Crippen molar-refractivity contribution < 1.29 is 26.8 Å². The molecule has 13 heteroatoms. The normalized spacial score (nSPS) is 17.4. The van der Waals surface area contributed by atoms with E-state index >= 15 is 0 Å². The Morgan fingerprint density at radius 3 is 2.76 bits per heavy atom. The fourth-order valence-electron chi connectivity index (χ4n) is 4.04.